The second-order valence-electron chi connectivity index (χ2n) is 4.15. The number of rotatable bonds is 5. The van der Waals surface area contributed by atoms with Gasteiger partial charge in [0.05, 0.1) is 12.7 Å². The van der Waals surface area contributed by atoms with Gasteiger partial charge in [-0.15, -0.1) is 0 Å². The summed E-state index contributed by atoms with van der Waals surface area (Å²) in [4.78, 5) is 4.29. The van der Waals surface area contributed by atoms with Gasteiger partial charge in [-0.25, -0.2) is 4.98 Å². The van der Waals surface area contributed by atoms with E-state index in [1.165, 1.54) is 12.8 Å². The average molecular weight is 236 g/mol. The van der Waals surface area contributed by atoms with E-state index < -0.39 is 0 Å². The lowest BCUT2D eigenvalue weighted by Crippen LogP contribution is -2.27. The SMILES string of the molecule is CCOc1cccnc1NCC1CCCCO1. The van der Waals surface area contributed by atoms with Crippen LogP contribution in [0, 0.1) is 0 Å². The van der Waals surface area contributed by atoms with Crippen LogP contribution in [0.2, 0.25) is 0 Å². The molecule has 1 fully saturated rings. The smallest absolute Gasteiger partial charge is 0.168 e. The van der Waals surface area contributed by atoms with Gasteiger partial charge in [0.1, 0.15) is 0 Å². The van der Waals surface area contributed by atoms with Gasteiger partial charge in [0.2, 0.25) is 0 Å². The minimum atomic E-state index is 0.306. The summed E-state index contributed by atoms with van der Waals surface area (Å²) in [5.74, 6) is 1.62. The number of nitrogens with zero attached hydrogens (tertiary/aromatic N) is 1. The topological polar surface area (TPSA) is 43.4 Å². The van der Waals surface area contributed by atoms with Gasteiger partial charge < -0.3 is 14.8 Å². The molecular weight excluding hydrogens is 216 g/mol. The zero-order valence-corrected chi connectivity index (χ0v) is 10.3. The van der Waals surface area contributed by atoms with Crippen molar-refractivity contribution in [3.05, 3.63) is 18.3 Å². The van der Waals surface area contributed by atoms with Crippen LogP contribution in [0.4, 0.5) is 5.82 Å². The Balaban J connectivity index is 1.88. The van der Waals surface area contributed by atoms with E-state index in [1.54, 1.807) is 6.20 Å². The Kier molecular flexibility index (Phi) is 4.62. The predicted octanol–water partition coefficient (Wildman–Crippen LogP) is 2.46. The molecule has 0 amide bonds. The van der Waals surface area contributed by atoms with Crippen molar-refractivity contribution in [1.82, 2.24) is 4.98 Å². The van der Waals surface area contributed by atoms with Crippen LogP contribution in [0.5, 0.6) is 5.75 Å². The number of aromatic nitrogens is 1. The monoisotopic (exact) mass is 236 g/mol. The second kappa shape index (κ2) is 6.45. The fourth-order valence-corrected chi connectivity index (χ4v) is 1.97. The van der Waals surface area contributed by atoms with Gasteiger partial charge in [0.15, 0.2) is 11.6 Å². The molecule has 1 aromatic rings. The molecule has 2 heterocycles. The van der Waals surface area contributed by atoms with Crippen LogP contribution >= 0.6 is 0 Å². The Hall–Kier alpha value is -1.29. The van der Waals surface area contributed by atoms with Crippen molar-refractivity contribution >= 4 is 5.82 Å². The Bertz CT molecular complexity index is 338. The lowest BCUT2D eigenvalue weighted by atomic mass is 10.1. The second-order valence-corrected chi connectivity index (χ2v) is 4.15. The Labute approximate surface area is 102 Å². The lowest BCUT2D eigenvalue weighted by molar-refractivity contribution is 0.0247. The zero-order chi connectivity index (χ0) is 11.9. The molecule has 1 saturated heterocycles. The molecule has 94 valence electrons. The standard InChI is InChI=1S/C13H20N2O2/c1-2-16-12-7-5-8-14-13(12)15-10-11-6-3-4-9-17-11/h5,7-8,11H,2-4,6,9-10H2,1H3,(H,14,15). The van der Waals surface area contributed by atoms with Crippen molar-refractivity contribution in [1.29, 1.82) is 0 Å². The molecule has 0 saturated carbocycles. The molecule has 2 rings (SSSR count). The minimum Gasteiger partial charge on any atom is -0.490 e. The third-order valence-corrected chi connectivity index (χ3v) is 2.84. The van der Waals surface area contributed by atoms with Crippen molar-refractivity contribution in [2.24, 2.45) is 0 Å². The number of ether oxygens (including phenoxy) is 2. The van der Waals surface area contributed by atoms with Crippen LogP contribution in [0.1, 0.15) is 26.2 Å². The van der Waals surface area contributed by atoms with Gasteiger partial charge in [0, 0.05) is 19.3 Å². The first-order chi connectivity index (χ1) is 8.40. The molecule has 0 aromatic carbocycles. The third-order valence-electron chi connectivity index (χ3n) is 2.84. The molecule has 1 N–H and O–H groups in total. The highest BCUT2D eigenvalue weighted by Gasteiger charge is 2.14. The summed E-state index contributed by atoms with van der Waals surface area (Å²) < 4.78 is 11.2. The number of hydrogen-bond donors (Lipinski definition) is 1. The minimum absolute atomic E-state index is 0.306. The molecule has 4 heteroatoms. The number of nitrogens with one attached hydrogen (secondary N) is 1. The average Bonchev–Trinajstić information content (AvgIpc) is 2.39. The first-order valence-corrected chi connectivity index (χ1v) is 6.33. The van der Waals surface area contributed by atoms with Crippen molar-refractivity contribution in [2.75, 3.05) is 25.1 Å². The van der Waals surface area contributed by atoms with Crippen molar-refractivity contribution in [2.45, 2.75) is 32.3 Å². The summed E-state index contributed by atoms with van der Waals surface area (Å²) in [6.07, 6.45) is 5.65. The molecule has 1 atom stereocenters. The molecule has 17 heavy (non-hydrogen) atoms. The largest absolute Gasteiger partial charge is 0.490 e. The Morgan fingerprint density at radius 1 is 1.53 bits per heavy atom. The van der Waals surface area contributed by atoms with Crippen LogP contribution in [0.25, 0.3) is 0 Å². The van der Waals surface area contributed by atoms with E-state index in [4.69, 9.17) is 9.47 Å². The molecule has 1 aliphatic heterocycles. The molecule has 0 bridgehead atoms. The maximum Gasteiger partial charge on any atom is 0.168 e. The maximum absolute atomic E-state index is 5.67. The van der Waals surface area contributed by atoms with Crippen LogP contribution < -0.4 is 10.1 Å². The number of anilines is 1. The van der Waals surface area contributed by atoms with Crippen LogP contribution in [-0.4, -0.2) is 30.8 Å². The quantitative estimate of drug-likeness (QED) is 0.853. The maximum atomic E-state index is 5.67. The molecule has 0 spiro atoms. The van der Waals surface area contributed by atoms with Gasteiger partial charge in [-0.1, -0.05) is 0 Å². The first kappa shape index (κ1) is 12.2. The van der Waals surface area contributed by atoms with Crippen LogP contribution in [0.15, 0.2) is 18.3 Å². The van der Waals surface area contributed by atoms with Gasteiger partial charge in [-0.3, -0.25) is 0 Å². The molecule has 1 aliphatic rings. The molecule has 0 aliphatic carbocycles. The highest BCUT2D eigenvalue weighted by molar-refractivity contribution is 5.49. The van der Waals surface area contributed by atoms with Crippen molar-refractivity contribution < 1.29 is 9.47 Å². The lowest BCUT2D eigenvalue weighted by Gasteiger charge is -2.23. The third kappa shape index (κ3) is 3.60. The highest BCUT2D eigenvalue weighted by Crippen LogP contribution is 2.21. The fourth-order valence-electron chi connectivity index (χ4n) is 1.97. The van der Waals surface area contributed by atoms with Gasteiger partial charge in [-0.2, -0.15) is 0 Å². The summed E-state index contributed by atoms with van der Waals surface area (Å²) in [7, 11) is 0. The van der Waals surface area contributed by atoms with Gasteiger partial charge in [0.25, 0.3) is 0 Å². The Morgan fingerprint density at radius 2 is 2.47 bits per heavy atom. The normalized spacial score (nSPS) is 19.9. The van der Waals surface area contributed by atoms with Gasteiger partial charge in [-0.05, 0) is 38.3 Å². The van der Waals surface area contributed by atoms with Crippen LogP contribution in [-0.2, 0) is 4.74 Å². The highest BCUT2D eigenvalue weighted by atomic mass is 16.5. The van der Waals surface area contributed by atoms with E-state index in [9.17, 15) is 0 Å². The summed E-state index contributed by atoms with van der Waals surface area (Å²) in [6, 6.07) is 3.81. The molecular formula is C13H20N2O2. The number of pyridine rings is 1. The molecule has 4 nitrogen and oxygen atoms in total. The summed E-state index contributed by atoms with van der Waals surface area (Å²) in [5, 5.41) is 3.31. The molecule has 0 radical (unpaired) electrons. The number of hydrogen-bond acceptors (Lipinski definition) is 4. The van der Waals surface area contributed by atoms with E-state index in [1.807, 2.05) is 19.1 Å². The van der Waals surface area contributed by atoms with Crippen molar-refractivity contribution in [3.63, 3.8) is 0 Å². The summed E-state index contributed by atoms with van der Waals surface area (Å²) in [5.41, 5.74) is 0. The summed E-state index contributed by atoms with van der Waals surface area (Å²) in [6.45, 7) is 4.31. The zero-order valence-electron chi connectivity index (χ0n) is 10.3. The van der Waals surface area contributed by atoms with Crippen molar-refractivity contribution in [3.8, 4) is 5.75 Å². The molecule has 1 aromatic heterocycles. The summed E-state index contributed by atoms with van der Waals surface area (Å²) >= 11 is 0. The fraction of sp³-hybridized carbons (Fsp3) is 0.615. The van der Waals surface area contributed by atoms with E-state index >= 15 is 0 Å². The van der Waals surface area contributed by atoms with E-state index in [0.717, 1.165) is 31.1 Å². The molecule has 1 unspecified atom stereocenters. The van der Waals surface area contributed by atoms with Gasteiger partial charge >= 0.3 is 0 Å². The van der Waals surface area contributed by atoms with E-state index in [0.29, 0.717) is 12.7 Å². The van der Waals surface area contributed by atoms with Crippen LogP contribution in [0.3, 0.4) is 0 Å². The van der Waals surface area contributed by atoms with E-state index in [2.05, 4.69) is 10.3 Å². The Morgan fingerprint density at radius 3 is 3.24 bits per heavy atom. The predicted molar refractivity (Wildman–Crippen MR) is 67.5 cm³/mol. The first-order valence-electron chi connectivity index (χ1n) is 6.33. The van der Waals surface area contributed by atoms with E-state index in [-0.39, 0.29) is 0 Å².